The zero-order valence-electron chi connectivity index (χ0n) is 14.5. The first-order valence-electron chi connectivity index (χ1n) is 7.12. The summed E-state index contributed by atoms with van der Waals surface area (Å²) >= 11 is 0.786. The van der Waals surface area contributed by atoms with Crippen LogP contribution in [0.15, 0.2) is 44.8 Å². The van der Waals surface area contributed by atoms with Crippen molar-refractivity contribution in [3.8, 4) is 5.75 Å². The van der Waals surface area contributed by atoms with E-state index in [1.165, 1.54) is 17.9 Å². The normalized spacial score (nSPS) is 12.6. The highest BCUT2D eigenvalue weighted by molar-refractivity contribution is 8.25. The van der Waals surface area contributed by atoms with Crippen LogP contribution in [0.4, 0.5) is 0 Å². The SMILES string of the molecule is C/C=C\c1cc(S(N)(=O)=O)sc1S(C)(O)O.COc1ccc(C)cc1. The smallest absolute Gasteiger partial charge is 0.247 e. The van der Waals surface area contributed by atoms with Crippen molar-refractivity contribution in [2.24, 2.45) is 5.14 Å². The minimum absolute atomic E-state index is 0.0718. The van der Waals surface area contributed by atoms with Gasteiger partial charge in [-0.15, -0.1) is 11.3 Å². The Morgan fingerprint density at radius 2 is 1.76 bits per heavy atom. The number of allylic oxidation sites excluding steroid dienone is 1. The lowest BCUT2D eigenvalue weighted by molar-refractivity contribution is 0.414. The molecule has 0 fully saturated rings. The van der Waals surface area contributed by atoms with Crippen LogP contribution in [0.1, 0.15) is 18.1 Å². The zero-order valence-corrected chi connectivity index (χ0v) is 16.9. The second-order valence-corrected chi connectivity index (χ2v) is 10.4. The summed E-state index contributed by atoms with van der Waals surface area (Å²) < 4.78 is 46.5. The highest BCUT2D eigenvalue weighted by atomic mass is 32.3. The van der Waals surface area contributed by atoms with E-state index < -0.39 is 20.6 Å². The number of hydrogen-bond acceptors (Lipinski definition) is 6. The number of benzene rings is 1. The van der Waals surface area contributed by atoms with Gasteiger partial charge in [0.1, 0.15) is 14.2 Å². The molecule has 0 aliphatic carbocycles. The molecule has 25 heavy (non-hydrogen) atoms. The molecule has 1 aromatic carbocycles. The molecule has 140 valence electrons. The molecule has 0 aliphatic heterocycles. The Morgan fingerprint density at radius 1 is 1.20 bits per heavy atom. The van der Waals surface area contributed by atoms with Crippen LogP contribution < -0.4 is 9.88 Å². The van der Waals surface area contributed by atoms with Crippen LogP contribution in [0.3, 0.4) is 0 Å². The van der Waals surface area contributed by atoms with Crippen LogP contribution in [0.2, 0.25) is 0 Å². The molecule has 0 saturated carbocycles. The second kappa shape index (κ2) is 8.84. The largest absolute Gasteiger partial charge is 0.497 e. The lowest BCUT2D eigenvalue weighted by atomic mass is 10.2. The summed E-state index contributed by atoms with van der Waals surface area (Å²) in [5, 5.41) is 4.98. The summed E-state index contributed by atoms with van der Waals surface area (Å²) in [6.07, 6.45) is 4.54. The van der Waals surface area contributed by atoms with Gasteiger partial charge in [-0.2, -0.15) is 10.6 Å². The van der Waals surface area contributed by atoms with Gasteiger partial charge in [-0.05, 0) is 32.0 Å². The molecule has 2 aromatic rings. The quantitative estimate of drug-likeness (QED) is 0.707. The number of hydrogen-bond donors (Lipinski definition) is 3. The van der Waals surface area contributed by atoms with Crippen LogP contribution in [-0.4, -0.2) is 30.9 Å². The number of nitrogens with two attached hydrogens (primary N) is 1. The van der Waals surface area contributed by atoms with Gasteiger partial charge in [0.05, 0.1) is 7.11 Å². The third-order valence-electron chi connectivity index (χ3n) is 2.94. The molecule has 0 saturated heterocycles. The fraction of sp³-hybridized carbons (Fsp3) is 0.250. The molecule has 1 heterocycles. The molecule has 9 heteroatoms. The molecular formula is C16H23NO5S3. The number of sulfonamides is 1. The molecule has 0 unspecified atom stereocenters. The molecule has 1 aromatic heterocycles. The minimum Gasteiger partial charge on any atom is -0.497 e. The first kappa shape index (κ1) is 21.7. The van der Waals surface area contributed by atoms with Crippen molar-refractivity contribution < 1.29 is 22.3 Å². The summed E-state index contributed by atoms with van der Waals surface area (Å²) in [6.45, 7) is 3.80. The van der Waals surface area contributed by atoms with E-state index in [9.17, 15) is 17.5 Å². The van der Waals surface area contributed by atoms with E-state index >= 15 is 0 Å². The standard InChI is InChI=1S/C8H13NO4S3.C8H10O/c1-3-4-6-5-7(16(9,12)13)14-8(6)15(2,10)11;1-7-3-5-8(9-2)6-4-7/h3-5,10-11H,1-2H3,(H2,9,12,13);3-6H,1-2H3/b4-3-;. The predicted octanol–water partition coefficient (Wildman–Crippen LogP) is 4.17. The van der Waals surface area contributed by atoms with Crippen LogP contribution >= 0.6 is 21.9 Å². The maximum atomic E-state index is 11.1. The Bertz CT molecular complexity index is 818. The first-order chi connectivity index (χ1) is 11.5. The van der Waals surface area contributed by atoms with E-state index in [-0.39, 0.29) is 8.42 Å². The lowest BCUT2D eigenvalue weighted by Crippen LogP contribution is -2.09. The van der Waals surface area contributed by atoms with Crippen LogP contribution in [0.5, 0.6) is 5.75 Å². The Balaban J connectivity index is 0.000000293. The number of primary sulfonamides is 1. The third kappa shape index (κ3) is 6.81. The van der Waals surface area contributed by atoms with E-state index in [0.717, 1.165) is 17.1 Å². The van der Waals surface area contributed by atoms with Crippen molar-refractivity contribution in [3.05, 3.63) is 47.5 Å². The number of rotatable bonds is 4. The van der Waals surface area contributed by atoms with E-state index in [2.05, 4.69) is 6.92 Å². The zero-order chi connectivity index (χ0) is 19.3. The van der Waals surface area contributed by atoms with Gasteiger partial charge >= 0.3 is 0 Å². The molecule has 0 spiro atoms. The van der Waals surface area contributed by atoms with Crippen molar-refractivity contribution in [2.75, 3.05) is 13.4 Å². The van der Waals surface area contributed by atoms with Gasteiger partial charge in [0.2, 0.25) is 10.0 Å². The number of ether oxygens (including phenoxy) is 1. The second-order valence-electron chi connectivity index (χ2n) is 5.20. The van der Waals surface area contributed by atoms with Crippen LogP contribution in [0.25, 0.3) is 6.08 Å². The minimum atomic E-state index is -3.81. The predicted molar refractivity (Wildman–Crippen MR) is 105 cm³/mol. The summed E-state index contributed by atoms with van der Waals surface area (Å²) in [7, 11) is -5.08. The average Bonchev–Trinajstić information content (AvgIpc) is 2.93. The maximum absolute atomic E-state index is 11.1. The van der Waals surface area contributed by atoms with Gasteiger partial charge in [0.25, 0.3) is 0 Å². The van der Waals surface area contributed by atoms with E-state index in [1.54, 1.807) is 26.2 Å². The maximum Gasteiger partial charge on any atom is 0.247 e. The Kier molecular flexibility index (Phi) is 7.66. The fourth-order valence-corrected chi connectivity index (χ4v) is 5.03. The molecule has 0 amide bonds. The number of methoxy groups -OCH3 is 1. The van der Waals surface area contributed by atoms with Gasteiger partial charge in [-0.3, -0.25) is 9.11 Å². The highest BCUT2D eigenvalue weighted by Crippen LogP contribution is 2.51. The van der Waals surface area contributed by atoms with Gasteiger partial charge in [-0.1, -0.05) is 29.8 Å². The summed E-state index contributed by atoms with van der Waals surface area (Å²) in [6, 6.07) is 9.30. The highest BCUT2D eigenvalue weighted by Gasteiger charge is 2.21. The summed E-state index contributed by atoms with van der Waals surface area (Å²) in [5.41, 5.74) is 1.73. The molecule has 0 atom stereocenters. The monoisotopic (exact) mass is 405 g/mol. The Hall–Kier alpha value is -1.36. The van der Waals surface area contributed by atoms with Gasteiger partial charge < -0.3 is 4.74 Å². The van der Waals surface area contributed by atoms with Crippen LogP contribution in [0, 0.1) is 6.92 Å². The Labute approximate surface area is 154 Å². The summed E-state index contributed by atoms with van der Waals surface area (Å²) in [4.78, 5) is 0. The number of aryl methyl sites for hydroxylation is 1. The average molecular weight is 406 g/mol. The van der Waals surface area contributed by atoms with E-state index in [4.69, 9.17) is 9.88 Å². The molecule has 2 rings (SSSR count). The van der Waals surface area contributed by atoms with Crippen molar-refractivity contribution in [3.63, 3.8) is 0 Å². The fourth-order valence-electron chi connectivity index (χ4n) is 1.78. The van der Waals surface area contributed by atoms with Gasteiger partial charge in [0, 0.05) is 11.8 Å². The Morgan fingerprint density at radius 3 is 2.16 bits per heavy atom. The van der Waals surface area contributed by atoms with E-state index in [1.807, 2.05) is 24.3 Å². The van der Waals surface area contributed by atoms with Crippen molar-refractivity contribution in [2.45, 2.75) is 22.3 Å². The third-order valence-corrected chi connectivity index (χ3v) is 7.44. The topological polar surface area (TPSA) is 110 Å². The summed E-state index contributed by atoms with van der Waals surface area (Å²) in [5.74, 6) is 0.917. The molecule has 6 nitrogen and oxygen atoms in total. The number of thiophene rings is 1. The molecule has 0 bridgehead atoms. The first-order valence-corrected chi connectivity index (χ1v) is 11.4. The van der Waals surface area contributed by atoms with Crippen molar-refractivity contribution in [1.82, 2.24) is 0 Å². The van der Waals surface area contributed by atoms with E-state index in [0.29, 0.717) is 5.56 Å². The van der Waals surface area contributed by atoms with Gasteiger partial charge in [0.15, 0.2) is 0 Å². The molecular weight excluding hydrogens is 382 g/mol. The van der Waals surface area contributed by atoms with Crippen molar-refractivity contribution in [1.29, 1.82) is 0 Å². The molecule has 4 N–H and O–H groups in total. The van der Waals surface area contributed by atoms with Crippen LogP contribution in [-0.2, 0) is 10.0 Å². The van der Waals surface area contributed by atoms with Gasteiger partial charge in [-0.25, -0.2) is 13.6 Å². The molecule has 0 aliphatic rings. The molecule has 0 radical (unpaired) electrons. The van der Waals surface area contributed by atoms with Crippen molar-refractivity contribution >= 4 is 38.0 Å². The lowest BCUT2D eigenvalue weighted by Gasteiger charge is -2.25.